The van der Waals surface area contributed by atoms with Crippen LogP contribution in [0.2, 0.25) is 0 Å². The van der Waals surface area contributed by atoms with E-state index in [1.54, 1.807) is 45.9 Å². The Morgan fingerprint density at radius 2 is 2.05 bits per heavy atom. The molecule has 0 aliphatic carbocycles. The summed E-state index contributed by atoms with van der Waals surface area (Å²) in [4.78, 5) is 24.3. The highest BCUT2D eigenvalue weighted by atomic mass is 19.1. The molecule has 0 N–H and O–H groups in total. The zero-order valence-electron chi connectivity index (χ0n) is 12.0. The van der Waals surface area contributed by atoms with Gasteiger partial charge in [-0.05, 0) is 39.3 Å². The zero-order valence-corrected chi connectivity index (χ0v) is 12.0. The topological polar surface area (TPSA) is 52.6 Å². The molecule has 1 aliphatic rings. The summed E-state index contributed by atoms with van der Waals surface area (Å²) < 4.78 is 25.0. The smallest absolute Gasteiger partial charge is 0.356 e. The summed E-state index contributed by atoms with van der Waals surface area (Å²) in [5, 5.41) is 0. The van der Waals surface area contributed by atoms with Crippen molar-refractivity contribution in [1.82, 2.24) is 0 Å². The van der Waals surface area contributed by atoms with E-state index in [0.29, 0.717) is 11.3 Å². The molecule has 5 heteroatoms. The van der Waals surface area contributed by atoms with Crippen LogP contribution in [-0.4, -0.2) is 29.6 Å². The van der Waals surface area contributed by atoms with E-state index >= 15 is 0 Å². The number of carbonyl (C=O) groups excluding carboxylic acids is 2. The molecule has 20 heavy (non-hydrogen) atoms. The Balaban J connectivity index is 2.39. The number of hydrogen-bond donors (Lipinski definition) is 0. The molecular formula is C15H17FO4. The average molecular weight is 280 g/mol. The molecule has 1 atom stereocenters. The number of fused-ring (bicyclic) bond motifs is 1. The van der Waals surface area contributed by atoms with Crippen molar-refractivity contribution in [3.63, 3.8) is 0 Å². The molecule has 1 aromatic carbocycles. The lowest BCUT2D eigenvalue weighted by atomic mass is 9.89. The minimum atomic E-state index is -2.79. The highest BCUT2D eigenvalue weighted by molar-refractivity contribution is 6.18. The summed E-state index contributed by atoms with van der Waals surface area (Å²) in [6.45, 7) is 5.85. The van der Waals surface area contributed by atoms with E-state index in [1.165, 1.54) is 0 Å². The van der Waals surface area contributed by atoms with Gasteiger partial charge in [-0.3, -0.25) is 4.79 Å². The number of esters is 1. The number of rotatable bonds is 1. The monoisotopic (exact) mass is 280 g/mol. The van der Waals surface area contributed by atoms with E-state index in [-0.39, 0.29) is 5.56 Å². The third kappa shape index (κ3) is 2.40. The summed E-state index contributed by atoms with van der Waals surface area (Å²) in [7, 11) is 0. The van der Waals surface area contributed by atoms with Gasteiger partial charge in [0.2, 0.25) is 5.78 Å². The van der Waals surface area contributed by atoms with Gasteiger partial charge in [-0.15, -0.1) is 0 Å². The summed E-state index contributed by atoms with van der Waals surface area (Å²) in [5.41, 5.74) is -2.99. The predicted molar refractivity (Wildman–Crippen MR) is 70.7 cm³/mol. The van der Waals surface area contributed by atoms with Crippen LogP contribution in [0, 0.1) is 6.92 Å². The molecule has 0 radical (unpaired) electrons. The second-order valence-corrected chi connectivity index (χ2v) is 5.87. The summed E-state index contributed by atoms with van der Waals surface area (Å²) in [6.07, 6.45) is 0. The van der Waals surface area contributed by atoms with E-state index in [2.05, 4.69) is 0 Å². The van der Waals surface area contributed by atoms with E-state index in [0.717, 1.165) is 0 Å². The van der Waals surface area contributed by atoms with Crippen LogP contribution in [0.1, 0.15) is 36.7 Å². The van der Waals surface area contributed by atoms with E-state index in [4.69, 9.17) is 9.47 Å². The summed E-state index contributed by atoms with van der Waals surface area (Å²) in [6, 6.07) is 4.95. The van der Waals surface area contributed by atoms with Gasteiger partial charge in [0.25, 0.3) is 0 Å². The molecule has 0 saturated carbocycles. The maximum Gasteiger partial charge on any atom is 0.356 e. The van der Waals surface area contributed by atoms with E-state index in [9.17, 15) is 14.0 Å². The van der Waals surface area contributed by atoms with Crippen molar-refractivity contribution >= 4 is 11.8 Å². The summed E-state index contributed by atoms with van der Waals surface area (Å²) >= 11 is 0. The Morgan fingerprint density at radius 3 is 2.65 bits per heavy atom. The minimum Gasteiger partial charge on any atom is -0.488 e. The van der Waals surface area contributed by atoms with Gasteiger partial charge in [0.1, 0.15) is 18.0 Å². The highest BCUT2D eigenvalue weighted by Crippen LogP contribution is 2.35. The Labute approximate surface area is 116 Å². The quantitative estimate of drug-likeness (QED) is 0.586. The molecule has 0 amide bonds. The van der Waals surface area contributed by atoms with E-state index < -0.39 is 29.6 Å². The van der Waals surface area contributed by atoms with Crippen LogP contribution in [0.4, 0.5) is 4.39 Å². The average Bonchev–Trinajstić information content (AvgIpc) is 2.32. The number of benzene rings is 1. The number of halogens is 1. The Morgan fingerprint density at radius 1 is 1.40 bits per heavy atom. The number of ether oxygens (including phenoxy) is 2. The summed E-state index contributed by atoms with van der Waals surface area (Å²) in [5.74, 6) is -1.80. The SMILES string of the molecule is Cc1cccc2c1C(=O)C(F)(C(=O)OC(C)(C)C)CO2. The molecule has 0 bridgehead atoms. The molecular weight excluding hydrogens is 263 g/mol. The standard InChI is InChI=1S/C15H17FO4/c1-9-6-5-7-10-11(9)12(17)15(16,8-19-10)13(18)20-14(2,3)4/h5-7H,8H2,1-4H3. The van der Waals surface area contributed by atoms with Gasteiger partial charge in [0.05, 0.1) is 5.56 Å². The number of aryl methyl sites for hydroxylation is 1. The third-order valence-electron chi connectivity index (χ3n) is 2.97. The molecule has 1 aromatic rings. The molecule has 0 spiro atoms. The van der Waals surface area contributed by atoms with Crippen molar-refractivity contribution in [3.8, 4) is 5.75 Å². The Bertz CT molecular complexity index is 574. The van der Waals surface area contributed by atoms with Crippen LogP contribution in [-0.2, 0) is 9.53 Å². The molecule has 1 heterocycles. The third-order valence-corrected chi connectivity index (χ3v) is 2.97. The normalized spacial score (nSPS) is 21.9. The lowest BCUT2D eigenvalue weighted by molar-refractivity contribution is -0.168. The second kappa shape index (κ2) is 4.58. The first-order chi connectivity index (χ1) is 9.15. The Hall–Kier alpha value is -1.91. The number of alkyl halides is 1. The fourth-order valence-electron chi connectivity index (χ4n) is 2.00. The van der Waals surface area contributed by atoms with Crippen LogP contribution >= 0.6 is 0 Å². The zero-order chi connectivity index (χ0) is 15.1. The fraction of sp³-hybridized carbons (Fsp3) is 0.467. The number of carbonyl (C=O) groups is 2. The van der Waals surface area contributed by atoms with Gasteiger partial charge in [-0.2, -0.15) is 0 Å². The molecule has 4 nitrogen and oxygen atoms in total. The molecule has 0 fully saturated rings. The van der Waals surface area contributed by atoms with Crippen molar-refractivity contribution < 1.29 is 23.5 Å². The molecule has 1 aliphatic heterocycles. The Kier molecular flexibility index (Phi) is 3.32. The fourth-order valence-corrected chi connectivity index (χ4v) is 2.00. The lowest BCUT2D eigenvalue weighted by Crippen LogP contribution is -2.52. The first-order valence-corrected chi connectivity index (χ1v) is 6.35. The first-order valence-electron chi connectivity index (χ1n) is 6.35. The van der Waals surface area contributed by atoms with Gasteiger partial charge < -0.3 is 9.47 Å². The number of Topliss-reactive ketones (excluding diaryl/α,β-unsaturated/α-hetero) is 1. The highest BCUT2D eigenvalue weighted by Gasteiger charge is 2.54. The molecule has 1 unspecified atom stereocenters. The van der Waals surface area contributed by atoms with Crippen molar-refractivity contribution in [3.05, 3.63) is 29.3 Å². The van der Waals surface area contributed by atoms with Crippen molar-refractivity contribution in [2.24, 2.45) is 0 Å². The maximum atomic E-state index is 14.8. The number of ketones is 1. The van der Waals surface area contributed by atoms with Gasteiger partial charge in [0, 0.05) is 0 Å². The van der Waals surface area contributed by atoms with Crippen LogP contribution < -0.4 is 4.74 Å². The molecule has 0 aromatic heterocycles. The number of hydrogen-bond acceptors (Lipinski definition) is 4. The van der Waals surface area contributed by atoms with Crippen molar-refractivity contribution in [1.29, 1.82) is 0 Å². The molecule has 108 valence electrons. The van der Waals surface area contributed by atoms with Crippen molar-refractivity contribution in [2.75, 3.05) is 6.61 Å². The van der Waals surface area contributed by atoms with Crippen LogP contribution in [0.25, 0.3) is 0 Å². The van der Waals surface area contributed by atoms with Crippen LogP contribution in [0.5, 0.6) is 5.75 Å². The lowest BCUT2D eigenvalue weighted by Gasteiger charge is -2.31. The van der Waals surface area contributed by atoms with Gasteiger partial charge in [-0.25, -0.2) is 9.18 Å². The van der Waals surface area contributed by atoms with Crippen LogP contribution in [0.15, 0.2) is 18.2 Å². The maximum absolute atomic E-state index is 14.8. The molecule has 0 saturated heterocycles. The predicted octanol–water partition coefficient (Wildman–Crippen LogP) is 2.62. The van der Waals surface area contributed by atoms with Gasteiger partial charge in [0.15, 0.2) is 0 Å². The largest absolute Gasteiger partial charge is 0.488 e. The van der Waals surface area contributed by atoms with Gasteiger partial charge in [-0.1, -0.05) is 12.1 Å². The van der Waals surface area contributed by atoms with E-state index in [1.807, 2.05) is 0 Å². The van der Waals surface area contributed by atoms with Crippen LogP contribution in [0.3, 0.4) is 0 Å². The minimum absolute atomic E-state index is 0.104. The van der Waals surface area contributed by atoms with Crippen molar-refractivity contribution in [2.45, 2.75) is 39.0 Å². The first kappa shape index (κ1) is 14.5. The molecule has 2 rings (SSSR count). The van der Waals surface area contributed by atoms with Gasteiger partial charge >= 0.3 is 11.6 Å². The second-order valence-electron chi connectivity index (χ2n) is 5.87.